The highest BCUT2D eigenvalue weighted by molar-refractivity contribution is 4.75. The molecule has 0 aromatic heterocycles. The molecule has 0 aliphatic carbocycles. The van der Waals surface area contributed by atoms with Crippen molar-refractivity contribution in [3.8, 4) is 0 Å². The van der Waals surface area contributed by atoms with E-state index in [1.807, 2.05) is 0 Å². The van der Waals surface area contributed by atoms with Crippen molar-refractivity contribution < 1.29 is 23.7 Å². The summed E-state index contributed by atoms with van der Waals surface area (Å²) in [5.41, 5.74) is 0. The molecule has 1 aliphatic heterocycles. The second-order valence-corrected chi connectivity index (χ2v) is 2.76. The fourth-order valence-corrected chi connectivity index (χ4v) is 1.14. The Morgan fingerprint density at radius 2 is 1.46 bits per heavy atom. The summed E-state index contributed by atoms with van der Waals surface area (Å²) in [5, 5.41) is 0. The maximum absolute atomic E-state index is 5.33. The smallest absolute Gasteiger partial charge is 0.146 e. The van der Waals surface area contributed by atoms with E-state index >= 15 is 0 Å². The van der Waals surface area contributed by atoms with Gasteiger partial charge in [0, 0.05) is 14.2 Å². The highest BCUT2D eigenvalue weighted by Crippen LogP contribution is 2.13. The molecule has 0 N–H and O–H groups in total. The first-order valence-corrected chi connectivity index (χ1v) is 4.17. The lowest BCUT2D eigenvalue weighted by atomic mass is 10.2. The van der Waals surface area contributed by atoms with Crippen molar-refractivity contribution in [1.29, 1.82) is 0 Å². The first kappa shape index (κ1) is 10.9. The SMILES string of the molecule is COCO[C@@H]1COC[C@H]1OCOC. The molecule has 1 rings (SSSR count). The predicted octanol–water partition coefficient (Wildman–Crippen LogP) is -0.00520. The lowest BCUT2D eigenvalue weighted by Crippen LogP contribution is -2.31. The van der Waals surface area contributed by atoms with E-state index in [1.165, 1.54) is 0 Å². The Bertz CT molecular complexity index is 116. The van der Waals surface area contributed by atoms with E-state index in [1.54, 1.807) is 14.2 Å². The van der Waals surface area contributed by atoms with Crippen LogP contribution in [0, 0.1) is 0 Å². The molecular weight excluding hydrogens is 176 g/mol. The van der Waals surface area contributed by atoms with Crippen molar-refractivity contribution in [1.82, 2.24) is 0 Å². The molecule has 2 atom stereocenters. The molecule has 1 saturated heterocycles. The van der Waals surface area contributed by atoms with E-state index in [0.29, 0.717) is 13.2 Å². The lowest BCUT2D eigenvalue weighted by Gasteiger charge is -2.17. The molecule has 1 aliphatic rings. The fourth-order valence-electron chi connectivity index (χ4n) is 1.14. The summed E-state index contributed by atoms with van der Waals surface area (Å²) in [5.74, 6) is 0. The first-order chi connectivity index (χ1) is 6.38. The molecule has 5 nitrogen and oxygen atoms in total. The van der Waals surface area contributed by atoms with Crippen LogP contribution in [-0.2, 0) is 23.7 Å². The molecule has 0 amide bonds. The van der Waals surface area contributed by atoms with Gasteiger partial charge < -0.3 is 23.7 Å². The van der Waals surface area contributed by atoms with Crippen LogP contribution in [0.1, 0.15) is 0 Å². The molecule has 0 unspecified atom stereocenters. The lowest BCUT2D eigenvalue weighted by molar-refractivity contribution is -0.139. The van der Waals surface area contributed by atoms with Gasteiger partial charge in [0.05, 0.1) is 13.2 Å². The number of methoxy groups -OCH3 is 2. The zero-order valence-electron chi connectivity index (χ0n) is 8.02. The number of hydrogen-bond donors (Lipinski definition) is 0. The van der Waals surface area contributed by atoms with Gasteiger partial charge in [0.2, 0.25) is 0 Å². The second-order valence-electron chi connectivity index (χ2n) is 2.76. The Labute approximate surface area is 77.9 Å². The number of ether oxygens (including phenoxy) is 5. The summed E-state index contributed by atoms with van der Waals surface area (Å²) in [6.07, 6.45) is -0.0924. The van der Waals surface area contributed by atoms with Crippen molar-refractivity contribution in [2.45, 2.75) is 12.2 Å². The first-order valence-electron chi connectivity index (χ1n) is 4.17. The maximum atomic E-state index is 5.33. The minimum Gasteiger partial charge on any atom is -0.376 e. The van der Waals surface area contributed by atoms with Crippen LogP contribution in [0.5, 0.6) is 0 Å². The zero-order chi connectivity index (χ0) is 9.52. The van der Waals surface area contributed by atoms with Gasteiger partial charge in [-0.3, -0.25) is 0 Å². The Kier molecular flexibility index (Phi) is 5.26. The molecule has 0 aromatic carbocycles. The van der Waals surface area contributed by atoms with Crippen LogP contribution in [0.15, 0.2) is 0 Å². The van der Waals surface area contributed by atoms with E-state index in [4.69, 9.17) is 23.7 Å². The summed E-state index contributed by atoms with van der Waals surface area (Å²) in [6, 6.07) is 0. The predicted molar refractivity (Wildman–Crippen MR) is 44.3 cm³/mol. The third kappa shape index (κ3) is 3.58. The van der Waals surface area contributed by atoms with Gasteiger partial charge in [-0.1, -0.05) is 0 Å². The van der Waals surface area contributed by atoms with Crippen LogP contribution in [0.2, 0.25) is 0 Å². The van der Waals surface area contributed by atoms with Crippen molar-refractivity contribution in [2.75, 3.05) is 41.0 Å². The molecule has 0 aromatic rings. The highest BCUT2D eigenvalue weighted by Gasteiger charge is 2.29. The Balaban J connectivity index is 2.18. The molecule has 5 heteroatoms. The average molecular weight is 192 g/mol. The minimum atomic E-state index is -0.0462. The van der Waals surface area contributed by atoms with E-state index in [0.717, 1.165) is 0 Å². The number of rotatable bonds is 6. The van der Waals surface area contributed by atoms with Crippen molar-refractivity contribution in [2.24, 2.45) is 0 Å². The Hall–Kier alpha value is -0.200. The van der Waals surface area contributed by atoms with Crippen molar-refractivity contribution in [3.05, 3.63) is 0 Å². The van der Waals surface area contributed by atoms with Crippen LogP contribution in [-0.4, -0.2) is 53.2 Å². The Morgan fingerprint density at radius 1 is 1.00 bits per heavy atom. The third-order valence-corrected chi connectivity index (χ3v) is 1.78. The van der Waals surface area contributed by atoms with Crippen LogP contribution in [0.4, 0.5) is 0 Å². The monoisotopic (exact) mass is 192 g/mol. The van der Waals surface area contributed by atoms with Crippen molar-refractivity contribution in [3.63, 3.8) is 0 Å². The van der Waals surface area contributed by atoms with Gasteiger partial charge in [0.25, 0.3) is 0 Å². The van der Waals surface area contributed by atoms with Gasteiger partial charge in [-0.15, -0.1) is 0 Å². The summed E-state index contributed by atoms with van der Waals surface area (Å²) >= 11 is 0. The van der Waals surface area contributed by atoms with E-state index in [-0.39, 0.29) is 25.8 Å². The van der Waals surface area contributed by atoms with Gasteiger partial charge >= 0.3 is 0 Å². The quantitative estimate of drug-likeness (QED) is 0.554. The largest absolute Gasteiger partial charge is 0.376 e. The van der Waals surface area contributed by atoms with E-state index < -0.39 is 0 Å². The fraction of sp³-hybridized carbons (Fsp3) is 1.00. The zero-order valence-corrected chi connectivity index (χ0v) is 8.02. The molecule has 1 heterocycles. The second kappa shape index (κ2) is 6.28. The maximum Gasteiger partial charge on any atom is 0.146 e. The number of hydrogen-bond acceptors (Lipinski definition) is 5. The van der Waals surface area contributed by atoms with Gasteiger partial charge in [-0.2, -0.15) is 0 Å². The molecule has 0 radical (unpaired) electrons. The third-order valence-electron chi connectivity index (χ3n) is 1.78. The summed E-state index contributed by atoms with van der Waals surface area (Å²) in [4.78, 5) is 0. The van der Waals surface area contributed by atoms with Crippen LogP contribution in [0.3, 0.4) is 0 Å². The van der Waals surface area contributed by atoms with Crippen molar-refractivity contribution >= 4 is 0 Å². The molecule has 13 heavy (non-hydrogen) atoms. The van der Waals surface area contributed by atoms with Gasteiger partial charge in [0.1, 0.15) is 25.8 Å². The van der Waals surface area contributed by atoms with Gasteiger partial charge in [-0.25, -0.2) is 0 Å². The standard InChI is InChI=1S/C8H16O5/c1-9-5-12-7-3-11-4-8(7)13-6-10-2/h7-8H,3-6H2,1-2H3/t7-,8-/m1/s1. The molecule has 0 saturated carbocycles. The Morgan fingerprint density at radius 3 is 1.85 bits per heavy atom. The molecule has 1 fully saturated rings. The summed E-state index contributed by atoms with van der Waals surface area (Å²) in [6.45, 7) is 1.64. The van der Waals surface area contributed by atoms with Crippen LogP contribution < -0.4 is 0 Å². The van der Waals surface area contributed by atoms with E-state index in [2.05, 4.69) is 0 Å². The molecule has 0 bridgehead atoms. The average Bonchev–Trinajstić information content (AvgIpc) is 2.59. The molecule has 78 valence electrons. The van der Waals surface area contributed by atoms with Gasteiger partial charge in [0.15, 0.2) is 0 Å². The minimum absolute atomic E-state index is 0.0462. The molecular formula is C8H16O5. The summed E-state index contributed by atoms with van der Waals surface area (Å²) in [7, 11) is 3.17. The highest BCUT2D eigenvalue weighted by atomic mass is 16.7. The summed E-state index contributed by atoms with van der Waals surface area (Å²) < 4.78 is 25.5. The topological polar surface area (TPSA) is 46.2 Å². The van der Waals surface area contributed by atoms with Gasteiger partial charge in [-0.05, 0) is 0 Å². The van der Waals surface area contributed by atoms with E-state index in [9.17, 15) is 0 Å². The normalized spacial score (nSPS) is 28.2. The van der Waals surface area contributed by atoms with Crippen LogP contribution >= 0.6 is 0 Å². The molecule has 0 spiro atoms. The van der Waals surface area contributed by atoms with Crippen LogP contribution in [0.25, 0.3) is 0 Å².